The lowest BCUT2D eigenvalue weighted by Gasteiger charge is -2.25. The highest BCUT2D eigenvalue weighted by atomic mass is 16.6. The van der Waals surface area contributed by atoms with Crippen molar-refractivity contribution in [2.24, 2.45) is 5.92 Å². The zero-order chi connectivity index (χ0) is 18.2. The summed E-state index contributed by atoms with van der Waals surface area (Å²) in [6, 6.07) is 6.69. The quantitative estimate of drug-likeness (QED) is 0.272. The van der Waals surface area contributed by atoms with Crippen molar-refractivity contribution in [3.05, 3.63) is 42.5 Å². The summed E-state index contributed by atoms with van der Waals surface area (Å²) in [5, 5.41) is 0. The van der Waals surface area contributed by atoms with Crippen LogP contribution in [0.1, 0.15) is 56.8 Å². The average molecular weight is 332 g/mol. The first-order valence-electron chi connectivity index (χ1n) is 8.29. The highest BCUT2D eigenvalue weighted by Gasteiger charge is 2.24. The molecule has 0 aromatic heterocycles. The van der Waals surface area contributed by atoms with E-state index < -0.39 is 11.6 Å². The summed E-state index contributed by atoms with van der Waals surface area (Å²) in [6.07, 6.45) is 4.38. The Morgan fingerprint density at radius 1 is 1.25 bits per heavy atom. The molecule has 1 atom stereocenters. The number of carbonyl (C=O) groups excluding carboxylic acids is 2. The summed E-state index contributed by atoms with van der Waals surface area (Å²) in [4.78, 5) is 24.2. The molecule has 4 nitrogen and oxygen atoms in total. The number of hydrogen-bond acceptors (Lipinski definition) is 4. The normalized spacial score (nSPS) is 12.3. The van der Waals surface area contributed by atoms with Crippen LogP contribution in [0.5, 0.6) is 5.75 Å². The molecule has 4 heteroatoms. The van der Waals surface area contributed by atoms with Gasteiger partial charge in [0.2, 0.25) is 0 Å². The molecule has 0 saturated heterocycles. The number of allylic oxidation sites excluding steroid dienone is 1. The monoisotopic (exact) mass is 332 g/mol. The maximum Gasteiger partial charge on any atom is 0.314 e. The largest absolute Gasteiger partial charge is 0.497 e. The molecule has 0 spiro atoms. The Kier molecular flexibility index (Phi) is 7.69. The van der Waals surface area contributed by atoms with E-state index in [-0.39, 0.29) is 12.2 Å². The number of benzene rings is 1. The van der Waals surface area contributed by atoms with Gasteiger partial charge in [-0.15, -0.1) is 6.58 Å². The molecular weight excluding hydrogens is 304 g/mol. The van der Waals surface area contributed by atoms with Gasteiger partial charge in [0.05, 0.1) is 7.11 Å². The first kappa shape index (κ1) is 19.9. The van der Waals surface area contributed by atoms with Crippen molar-refractivity contribution in [3.8, 4) is 5.75 Å². The van der Waals surface area contributed by atoms with Crippen LogP contribution in [0.3, 0.4) is 0 Å². The molecule has 24 heavy (non-hydrogen) atoms. The van der Waals surface area contributed by atoms with Crippen LogP contribution in [-0.2, 0) is 9.53 Å². The minimum Gasteiger partial charge on any atom is -0.497 e. The number of esters is 1. The van der Waals surface area contributed by atoms with Gasteiger partial charge < -0.3 is 9.47 Å². The zero-order valence-corrected chi connectivity index (χ0v) is 15.1. The van der Waals surface area contributed by atoms with Crippen LogP contribution < -0.4 is 4.74 Å². The van der Waals surface area contributed by atoms with Crippen LogP contribution in [0.25, 0.3) is 0 Å². The number of ketones is 1. The van der Waals surface area contributed by atoms with E-state index in [1.54, 1.807) is 31.4 Å². The Balaban J connectivity index is 2.48. The average Bonchev–Trinajstić information content (AvgIpc) is 2.53. The minimum absolute atomic E-state index is 0.251. The summed E-state index contributed by atoms with van der Waals surface area (Å²) in [7, 11) is 1.56. The lowest BCUT2D eigenvalue weighted by Crippen LogP contribution is -2.29. The van der Waals surface area contributed by atoms with E-state index in [9.17, 15) is 9.59 Å². The first-order chi connectivity index (χ1) is 11.3. The SMILES string of the molecule is C=CC(C)CCCC(C)(C)OC(=O)CC(=O)c1ccc(OC)cc1. The number of ether oxygens (including phenoxy) is 2. The van der Waals surface area contributed by atoms with Gasteiger partial charge in [-0.1, -0.05) is 13.0 Å². The molecule has 0 aliphatic carbocycles. The van der Waals surface area contributed by atoms with Gasteiger partial charge in [-0.25, -0.2) is 0 Å². The fourth-order valence-corrected chi connectivity index (χ4v) is 2.37. The zero-order valence-electron chi connectivity index (χ0n) is 15.1. The lowest BCUT2D eigenvalue weighted by molar-refractivity contribution is -0.155. The predicted molar refractivity (Wildman–Crippen MR) is 95.3 cm³/mol. The molecule has 0 saturated carbocycles. The molecular formula is C20H28O4. The molecule has 0 N–H and O–H groups in total. The number of methoxy groups -OCH3 is 1. The third-order valence-corrected chi connectivity index (χ3v) is 3.95. The van der Waals surface area contributed by atoms with E-state index in [1.165, 1.54) is 0 Å². The van der Waals surface area contributed by atoms with E-state index in [0.717, 1.165) is 19.3 Å². The van der Waals surface area contributed by atoms with Crippen molar-refractivity contribution >= 4 is 11.8 Å². The number of rotatable bonds is 10. The predicted octanol–water partition coefficient (Wildman–Crippen LogP) is 4.58. The molecule has 0 amide bonds. The molecule has 1 rings (SSSR count). The van der Waals surface area contributed by atoms with Crippen LogP contribution in [0.2, 0.25) is 0 Å². The van der Waals surface area contributed by atoms with Gasteiger partial charge in [-0.05, 0) is 63.3 Å². The summed E-state index contributed by atoms with van der Waals surface area (Å²) < 4.78 is 10.5. The van der Waals surface area contributed by atoms with Crippen molar-refractivity contribution in [3.63, 3.8) is 0 Å². The summed E-state index contributed by atoms with van der Waals surface area (Å²) in [5.41, 5.74) is -0.0941. The fraction of sp³-hybridized carbons (Fsp3) is 0.500. The van der Waals surface area contributed by atoms with Crippen LogP contribution in [0, 0.1) is 5.92 Å². The molecule has 0 aliphatic heterocycles. The van der Waals surface area contributed by atoms with Gasteiger partial charge in [-0.3, -0.25) is 9.59 Å². The van der Waals surface area contributed by atoms with Crippen LogP contribution in [0.4, 0.5) is 0 Å². The van der Waals surface area contributed by atoms with Gasteiger partial charge >= 0.3 is 5.97 Å². The van der Waals surface area contributed by atoms with Gasteiger partial charge in [0, 0.05) is 5.56 Å². The second-order valence-corrected chi connectivity index (χ2v) is 6.67. The molecule has 0 fully saturated rings. The Hall–Kier alpha value is -2.10. The van der Waals surface area contributed by atoms with Crippen molar-refractivity contribution in [1.29, 1.82) is 0 Å². The number of carbonyl (C=O) groups is 2. The molecule has 132 valence electrons. The smallest absolute Gasteiger partial charge is 0.314 e. The van der Waals surface area contributed by atoms with E-state index >= 15 is 0 Å². The summed E-state index contributed by atoms with van der Waals surface area (Å²) >= 11 is 0. The van der Waals surface area contributed by atoms with Crippen LogP contribution in [-0.4, -0.2) is 24.5 Å². The maximum absolute atomic E-state index is 12.1. The van der Waals surface area contributed by atoms with Crippen molar-refractivity contribution in [1.82, 2.24) is 0 Å². The summed E-state index contributed by atoms with van der Waals surface area (Å²) in [6.45, 7) is 9.63. The van der Waals surface area contributed by atoms with Crippen molar-refractivity contribution < 1.29 is 19.1 Å². The number of hydrogen-bond donors (Lipinski definition) is 0. The minimum atomic E-state index is -0.571. The fourth-order valence-electron chi connectivity index (χ4n) is 2.37. The van der Waals surface area contributed by atoms with E-state index in [4.69, 9.17) is 9.47 Å². The Labute approximate surface area is 144 Å². The van der Waals surface area contributed by atoms with E-state index in [0.29, 0.717) is 17.2 Å². The van der Waals surface area contributed by atoms with Gasteiger partial charge in [-0.2, -0.15) is 0 Å². The second-order valence-electron chi connectivity index (χ2n) is 6.67. The Morgan fingerprint density at radius 3 is 2.42 bits per heavy atom. The van der Waals surface area contributed by atoms with Gasteiger partial charge in [0.1, 0.15) is 17.8 Å². The topological polar surface area (TPSA) is 52.6 Å². The van der Waals surface area contributed by atoms with Gasteiger partial charge in [0.25, 0.3) is 0 Å². The molecule has 1 aromatic carbocycles. The molecule has 0 aliphatic rings. The lowest BCUT2D eigenvalue weighted by atomic mass is 9.96. The molecule has 0 bridgehead atoms. The van der Waals surface area contributed by atoms with Crippen molar-refractivity contribution in [2.45, 2.75) is 52.1 Å². The maximum atomic E-state index is 12.1. The molecule has 1 aromatic rings. The molecule has 0 heterocycles. The van der Waals surface area contributed by atoms with Crippen LogP contribution >= 0.6 is 0 Å². The standard InChI is InChI=1S/C20H28O4/c1-6-15(2)8-7-13-20(3,4)24-19(22)14-18(21)16-9-11-17(23-5)12-10-16/h6,9-12,15H,1,7-8,13-14H2,2-5H3. The van der Waals surface area contributed by atoms with Gasteiger partial charge in [0.15, 0.2) is 5.78 Å². The first-order valence-corrected chi connectivity index (χ1v) is 8.29. The third-order valence-electron chi connectivity index (χ3n) is 3.95. The van der Waals surface area contributed by atoms with Crippen molar-refractivity contribution in [2.75, 3.05) is 7.11 Å². The molecule has 0 radical (unpaired) electrons. The third kappa shape index (κ3) is 6.99. The van der Waals surface area contributed by atoms with Crippen LogP contribution in [0.15, 0.2) is 36.9 Å². The van der Waals surface area contributed by atoms with E-state index in [1.807, 2.05) is 19.9 Å². The Morgan fingerprint density at radius 2 is 1.88 bits per heavy atom. The highest BCUT2D eigenvalue weighted by Crippen LogP contribution is 2.21. The highest BCUT2D eigenvalue weighted by molar-refractivity contribution is 6.06. The second kappa shape index (κ2) is 9.26. The van der Waals surface area contributed by atoms with E-state index in [2.05, 4.69) is 13.5 Å². The summed E-state index contributed by atoms with van der Waals surface area (Å²) in [5.74, 6) is 0.383. The number of Topliss-reactive ketones (excluding diaryl/α,β-unsaturated/α-hetero) is 1. The Bertz CT molecular complexity index is 558. The molecule has 1 unspecified atom stereocenters.